The van der Waals surface area contributed by atoms with Gasteiger partial charge in [-0.15, -0.1) is 0 Å². The monoisotopic (exact) mass is 509 g/mol. The molecule has 3 N–H and O–H groups in total. The Bertz CT molecular complexity index is 1100. The molecule has 0 atom stereocenters. The first-order chi connectivity index (χ1) is 16.9. The average Bonchev–Trinajstić information content (AvgIpc) is 2.83. The van der Waals surface area contributed by atoms with Crippen molar-refractivity contribution in [2.24, 2.45) is 10.4 Å². The summed E-state index contributed by atoms with van der Waals surface area (Å²) in [5.74, 6) is -2.95. The van der Waals surface area contributed by atoms with Crippen molar-refractivity contribution in [3.63, 3.8) is 0 Å². The molecule has 2 aromatic rings. The molecule has 0 bridgehead atoms. The van der Waals surface area contributed by atoms with Crippen LogP contribution in [-0.4, -0.2) is 37.6 Å². The van der Waals surface area contributed by atoms with Crippen LogP contribution in [0.15, 0.2) is 41.2 Å². The second-order valence-electron chi connectivity index (χ2n) is 8.67. The van der Waals surface area contributed by atoms with Gasteiger partial charge in [0.1, 0.15) is 12.0 Å². The number of hydrogen-bond donors (Lipinski definition) is 3. The first-order valence-electron chi connectivity index (χ1n) is 10.9. The Morgan fingerprint density at radius 3 is 2.36 bits per heavy atom. The third kappa shape index (κ3) is 9.21. The second-order valence-corrected chi connectivity index (χ2v) is 8.67. The van der Waals surface area contributed by atoms with E-state index in [4.69, 9.17) is 0 Å². The van der Waals surface area contributed by atoms with Gasteiger partial charge in [-0.25, -0.2) is 17.6 Å². The maximum Gasteiger partial charge on any atom is 0.281 e. The van der Waals surface area contributed by atoms with E-state index in [1.165, 1.54) is 31.3 Å². The highest BCUT2D eigenvalue weighted by molar-refractivity contribution is 5.95. The van der Waals surface area contributed by atoms with Crippen LogP contribution in [0.5, 0.6) is 0 Å². The first kappa shape index (κ1) is 30.4. The van der Waals surface area contributed by atoms with Gasteiger partial charge in [0, 0.05) is 23.7 Å². The molecule has 0 spiro atoms. The zero-order valence-electron chi connectivity index (χ0n) is 20.9. The van der Waals surface area contributed by atoms with Gasteiger partial charge in [-0.1, -0.05) is 26.8 Å². The fourth-order valence-corrected chi connectivity index (χ4v) is 2.68. The number of rotatable bonds is 9. The summed E-state index contributed by atoms with van der Waals surface area (Å²) in [6, 6.07) is 4.93. The minimum absolute atomic E-state index is 0.0958. The van der Waals surface area contributed by atoms with Crippen LogP contribution in [0.3, 0.4) is 0 Å². The molecule has 0 unspecified atom stereocenters. The number of amides is 1. The number of allylic oxidation sites excluding steroid dienone is 1. The number of nitrogens with zero attached hydrogens (tertiary/aromatic N) is 2. The number of alkyl halides is 2. The van der Waals surface area contributed by atoms with Crippen molar-refractivity contribution >= 4 is 24.6 Å². The molecular formula is C25H31F4N5O2. The van der Waals surface area contributed by atoms with Gasteiger partial charge in [-0.2, -0.15) is 0 Å². The van der Waals surface area contributed by atoms with Gasteiger partial charge in [0.25, 0.3) is 12.3 Å². The Morgan fingerprint density at radius 2 is 1.83 bits per heavy atom. The summed E-state index contributed by atoms with van der Waals surface area (Å²) in [7, 11) is 1.67. The third-order valence-corrected chi connectivity index (χ3v) is 4.49. The van der Waals surface area contributed by atoms with E-state index >= 15 is 0 Å². The Hall–Kier alpha value is -3.60. The summed E-state index contributed by atoms with van der Waals surface area (Å²) in [5, 5.41) is 8.00. The number of carbonyl (C=O) groups excluding carboxylic acids is 2. The van der Waals surface area contributed by atoms with Crippen molar-refractivity contribution in [2.45, 2.75) is 40.7 Å². The van der Waals surface area contributed by atoms with Gasteiger partial charge in [0.05, 0.1) is 23.6 Å². The van der Waals surface area contributed by atoms with Crippen molar-refractivity contribution < 1.29 is 27.2 Å². The average molecular weight is 510 g/mol. The maximum atomic E-state index is 14.2. The number of halogens is 4. The van der Waals surface area contributed by atoms with Crippen molar-refractivity contribution in [2.75, 3.05) is 13.7 Å². The molecule has 0 saturated carbocycles. The van der Waals surface area contributed by atoms with Crippen LogP contribution >= 0.6 is 0 Å². The molecule has 0 aliphatic rings. The summed E-state index contributed by atoms with van der Waals surface area (Å²) in [4.78, 5) is 29.7. The van der Waals surface area contributed by atoms with Gasteiger partial charge in [0.15, 0.2) is 11.6 Å². The zero-order valence-corrected chi connectivity index (χ0v) is 20.9. The van der Waals surface area contributed by atoms with Gasteiger partial charge in [-0.05, 0) is 44.5 Å². The molecule has 7 nitrogen and oxygen atoms in total. The zero-order chi connectivity index (χ0) is 27.5. The predicted octanol–water partition coefficient (Wildman–Crippen LogP) is 4.61. The molecule has 0 saturated heterocycles. The lowest BCUT2D eigenvalue weighted by Gasteiger charge is -2.16. The van der Waals surface area contributed by atoms with Crippen molar-refractivity contribution in [1.82, 2.24) is 20.9 Å². The summed E-state index contributed by atoms with van der Waals surface area (Å²) < 4.78 is 54.2. The Balaban J connectivity index is 0.000000960. The Morgan fingerprint density at radius 1 is 1.19 bits per heavy atom. The van der Waals surface area contributed by atoms with Gasteiger partial charge in [0.2, 0.25) is 0 Å². The number of aliphatic imine (C=N–C) groups is 1. The van der Waals surface area contributed by atoms with Crippen LogP contribution in [0.4, 0.5) is 17.6 Å². The summed E-state index contributed by atoms with van der Waals surface area (Å²) >= 11 is 0. The fourth-order valence-electron chi connectivity index (χ4n) is 2.68. The normalized spacial score (nSPS) is 11.7. The first-order valence-corrected chi connectivity index (χ1v) is 10.9. The highest BCUT2D eigenvalue weighted by Crippen LogP contribution is 2.23. The molecule has 196 valence electrons. The maximum absolute atomic E-state index is 14.2. The molecular weight excluding hydrogens is 478 g/mol. The molecule has 1 aromatic carbocycles. The minimum Gasteiger partial charge on any atom is -0.366 e. The number of aldehydes is 1. The fraction of sp³-hybridized carbons (Fsp3) is 0.360. The number of aromatic nitrogens is 1. The molecule has 0 radical (unpaired) electrons. The van der Waals surface area contributed by atoms with E-state index in [1.54, 1.807) is 7.05 Å². The van der Waals surface area contributed by atoms with Crippen LogP contribution in [0.25, 0.3) is 5.70 Å². The highest BCUT2D eigenvalue weighted by atomic mass is 19.3. The highest BCUT2D eigenvalue weighted by Gasteiger charge is 2.21. The molecule has 11 heteroatoms. The lowest BCUT2D eigenvalue weighted by molar-refractivity contribution is -0.113. The lowest BCUT2D eigenvalue weighted by atomic mass is 10.0. The van der Waals surface area contributed by atoms with E-state index < -0.39 is 29.7 Å². The number of pyridine rings is 1. The van der Waals surface area contributed by atoms with E-state index in [-0.39, 0.29) is 34.6 Å². The number of nitrogens with one attached hydrogen (secondary N) is 3. The topological polar surface area (TPSA) is 95.5 Å². The Kier molecular flexibility index (Phi) is 11.9. The summed E-state index contributed by atoms with van der Waals surface area (Å²) in [6.07, 6.45) is -0.737. The van der Waals surface area contributed by atoms with E-state index in [1.807, 2.05) is 20.8 Å². The second kappa shape index (κ2) is 14.1. The van der Waals surface area contributed by atoms with E-state index in [2.05, 4.69) is 32.6 Å². The van der Waals surface area contributed by atoms with E-state index in [0.717, 1.165) is 12.4 Å². The van der Waals surface area contributed by atoms with Crippen LogP contribution in [0, 0.1) is 17.0 Å². The molecule has 0 aliphatic heterocycles. The van der Waals surface area contributed by atoms with Gasteiger partial charge in [-0.3, -0.25) is 14.8 Å². The number of hydrogen-bond acceptors (Lipinski definition) is 6. The molecule has 1 aromatic heterocycles. The van der Waals surface area contributed by atoms with Crippen molar-refractivity contribution in [3.05, 3.63) is 70.2 Å². The SMILES string of the molecule is C=N/C(C)=C(\NCNC(=O)c1cc(CNC)cnc1C(F)F)c1cccc(F)c1F.CC(C)(C)C=O. The Labute approximate surface area is 208 Å². The van der Waals surface area contributed by atoms with Gasteiger partial charge >= 0.3 is 0 Å². The number of carbonyl (C=O) groups is 2. The largest absolute Gasteiger partial charge is 0.366 e. The number of benzene rings is 1. The molecule has 1 amide bonds. The minimum atomic E-state index is -2.94. The molecule has 0 fully saturated rings. The quantitative estimate of drug-likeness (QED) is 0.199. The van der Waals surface area contributed by atoms with Crippen LogP contribution < -0.4 is 16.0 Å². The molecule has 0 aliphatic carbocycles. The van der Waals surface area contributed by atoms with Crippen LogP contribution in [0.1, 0.15) is 61.3 Å². The third-order valence-electron chi connectivity index (χ3n) is 4.49. The standard InChI is InChI=1S/C20H21F4N5O.C5H10O/c1-11(26-3)17(13-5-4-6-15(21)16(13)22)28-10-29-20(30)14-7-12(8-25-2)9-27-18(14)19(23)24;1-5(2,3)4-6/h4-7,9,19,25,28H,3,8,10H2,1-2H3,(H,29,30);4H,1-3H3/b17-11-;. The molecule has 1 heterocycles. The lowest BCUT2D eigenvalue weighted by Crippen LogP contribution is -2.34. The van der Waals surface area contributed by atoms with E-state index in [9.17, 15) is 27.2 Å². The van der Waals surface area contributed by atoms with Gasteiger partial charge < -0.3 is 20.7 Å². The predicted molar refractivity (Wildman–Crippen MR) is 131 cm³/mol. The van der Waals surface area contributed by atoms with Crippen LogP contribution in [0.2, 0.25) is 0 Å². The van der Waals surface area contributed by atoms with E-state index in [0.29, 0.717) is 12.1 Å². The van der Waals surface area contributed by atoms with Crippen LogP contribution in [-0.2, 0) is 11.3 Å². The molecule has 2 rings (SSSR count). The summed E-state index contributed by atoms with van der Waals surface area (Å²) in [6.45, 7) is 10.6. The molecule has 36 heavy (non-hydrogen) atoms. The summed E-state index contributed by atoms with van der Waals surface area (Å²) in [5.41, 5.74) is -0.281. The smallest absolute Gasteiger partial charge is 0.281 e. The van der Waals surface area contributed by atoms with Crippen molar-refractivity contribution in [3.8, 4) is 0 Å². The van der Waals surface area contributed by atoms with Crippen molar-refractivity contribution in [1.29, 1.82) is 0 Å².